The Kier molecular flexibility index (Phi) is 4.12. The van der Waals surface area contributed by atoms with Gasteiger partial charge in [0, 0.05) is 24.5 Å². The first-order valence-electron chi connectivity index (χ1n) is 7.13. The number of nitrogens with two attached hydrogens (primary N) is 1. The van der Waals surface area contributed by atoms with Crippen LogP contribution in [0.5, 0.6) is 5.75 Å². The summed E-state index contributed by atoms with van der Waals surface area (Å²) in [6.45, 7) is 1.75. The van der Waals surface area contributed by atoms with Crippen molar-refractivity contribution < 1.29 is 4.74 Å². The van der Waals surface area contributed by atoms with Crippen LogP contribution in [0.15, 0.2) is 24.5 Å². The third kappa shape index (κ3) is 2.97. The Morgan fingerprint density at radius 1 is 1.32 bits per heavy atom. The minimum atomic E-state index is 0.0167. The van der Waals surface area contributed by atoms with E-state index in [1.807, 2.05) is 0 Å². The lowest BCUT2D eigenvalue weighted by molar-refractivity contribution is 0.167. The van der Waals surface area contributed by atoms with Crippen LogP contribution >= 0.6 is 0 Å². The maximum Gasteiger partial charge on any atom is 0.220 e. The molecule has 1 aliphatic rings. The number of nitrogen functional groups attached to an aromatic ring is 1. The first kappa shape index (κ1) is 14.2. The van der Waals surface area contributed by atoms with Gasteiger partial charge in [-0.25, -0.2) is 15.0 Å². The number of ether oxygens (including phenoxy) is 1. The van der Waals surface area contributed by atoms with Crippen LogP contribution in [-0.4, -0.2) is 34.1 Å². The Labute approximate surface area is 128 Å². The lowest BCUT2D eigenvalue weighted by atomic mass is 10.1. The van der Waals surface area contributed by atoms with E-state index in [4.69, 9.17) is 10.5 Å². The molecule has 0 spiro atoms. The molecule has 0 saturated carbocycles. The molecule has 0 amide bonds. The molecule has 3 N–H and O–H groups in total. The van der Waals surface area contributed by atoms with Crippen molar-refractivity contribution in [3.05, 3.63) is 30.2 Å². The number of nitrogens with one attached hydrogen (secondary N) is 1. The van der Waals surface area contributed by atoms with Crippen molar-refractivity contribution in [2.45, 2.75) is 18.9 Å². The molecule has 22 heavy (non-hydrogen) atoms. The van der Waals surface area contributed by atoms with E-state index in [0.717, 1.165) is 25.9 Å². The van der Waals surface area contributed by atoms with Crippen LogP contribution in [0.25, 0.3) is 11.3 Å². The Hall–Kier alpha value is -2.72. The predicted octanol–water partition coefficient (Wildman–Crippen LogP) is 1.12. The van der Waals surface area contributed by atoms with Gasteiger partial charge in [-0.1, -0.05) is 0 Å². The van der Waals surface area contributed by atoms with E-state index in [9.17, 15) is 5.26 Å². The number of pyridine rings is 1. The number of hydrogen-bond acceptors (Lipinski definition) is 7. The summed E-state index contributed by atoms with van der Waals surface area (Å²) in [6, 6.07) is 5.59. The Morgan fingerprint density at radius 2 is 2.18 bits per heavy atom. The second kappa shape index (κ2) is 6.37. The molecular weight excluding hydrogens is 280 g/mol. The molecule has 2 aromatic heterocycles. The molecule has 0 aliphatic carbocycles. The van der Waals surface area contributed by atoms with Gasteiger partial charge in [0.15, 0.2) is 11.4 Å². The number of hydrogen-bond donors (Lipinski definition) is 2. The largest absolute Gasteiger partial charge is 0.485 e. The third-order valence-electron chi connectivity index (χ3n) is 3.50. The Balaban J connectivity index is 2.00. The maximum atomic E-state index is 9.31. The molecule has 1 unspecified atom stereocenters. The van der Waals surface area contributed by atoms with Crippen LogP contribution in [0.2, 0.25) is 0 Å². The Morgan fingerprint density at radius 3 is 2.91 bits per heavy atom. The molecular formula is C15H16N6O. The second-order valence-electron chi connectivity index (χ2n) is 5.03. The summed E-state index contributed by atoms with van der Waals surface area (Å²) in [5.74, 6) is 0.634. The molecule has 0 bridgehead atoms. The fraction of sp³-hybridized carbons (Fsp3) is 0.333. The molecule has 112 valence electrons. The fourth-order valence-electron chi connectivity index (χ4n) is 2.46. The van der Waals surface area contributed by atoms with Crippen molar-refractivity contribution in [3.8, 4) is 23.1 Å². The molecule has 3 rings (SSSR count). The number of anilines is 1. The van der Waals surface area contributed by atoms with Gasteiger partial charge in [-0.2, -0.15) is 5.26 Å². The highest BCUT2D eigenvalue weighted by Gasteiger charge is 2.20. The summed E-state index contributed by atoms with van der Waals surface area (Å²) in [6.07, 6.45) is 5.15. The van der Waals surface area contributed by atoms with E-state index < -0.39 is 0 Å². The minimum Gasteiger partial charge on any atom is -0.485 e. The average molecular weight is 296 g/mol. The molecule has 7 heteroatoms. The summed E-state index contributed by atoms with van der Waals surface area (Å²) >= 11 is 0. The number of aromatic nitrogens is 3. The Bertz CT molecular complexity index is 705. The summed E-state index contributed by atoms with van der Waals surface area (Å²) in [7, 11) is 0. The quantitative estimate of drug-likeness (QED) is 0.873. The van der Waals surface area contributed by atoms with E-state index in [-0.39, 0.29) is 17.7 Å². The van der Waals surface area contributed by atoms with Gasteiger partial charge in [0.25, 0.3) is 0 Å². The van der Waals surface area contributed by atoms with Crippen LogP contribution in [0.4, 0.5) is 5.95 Å². The molecule has 2 aromatic rings. The summed E-state index contributed by atoms with van der Waals surface area (Å²) in [4.78, 5) is 12.2. The molecule has 3 heterocycles. The van der Waals surface area contributed by atoms with Crippen molar-refractivity contribution in [1.82, 2.24) is 20.3 Å². The smallest absolute Gasteiger partial charge is 0.220 e. The van der Waals surface area contributed by atoms with Crippen LogP contribution in [-0.2, 0) is 0 Å². The molecule has 1 atom stereocenters. The summed E-state index contributed by atoms with van der Waals surface area (Å²) in [5, 5.41) is 12.6. The normalized spacial score (nSPS) is 17.7. The first-order valence-corrected chi connectivity index (χ1v) is 7.13. The van der Waals surface area contributed by atoms with E-state index in [2.05, 4.69) is 26.3 Å². The topological polar surface area (TPSA) is 110 Å². The van der Waals surface area contributed by atoms with Crippen molar-refractivity contribution in [2.24, 2.45) is 0 Å². The molecule has 7 nitrogen and oxygen atoms in total. The monoisotopic (exact) mass is 296 g/mol. The van der Waals surface area contributed by atoms with Crippen LogP contribution in [0.1, 0.15) is 18.5 Å². The SMILES string of the molecule is N#Cc1nccc(-c2ccnc(N)n2)c1OC1CCCNC1. The van der Waals surface area contributed by atoms with E-state index in [1.54, 1.807) is 24.5 Å². The molecule has 1 aliphatic heterocycles. The number of rotatable bonds is 3. The first-order chi connectivity index (χ1) is 10.8. The fourth-order valence-corrected chi connectivity index (χ4v) is 2.46. The zero-order chi connectivity index (χ0) is 15.4. The van der Waals surface area contributed by atoms with E-state index in [0.29, 0.717) is 17.0 Å². The molecule has 0 radical (unpaired) electrons. The van der Waals surface area contributed by atoms with Gasteiger partial charge in [-0.15, -0.1) is 0 Å². The van der Waals surface area contributed by atoms with Gasteiger partial charge in [-0.3, -0.25) is 0 Å². The second-order valence-corrected chi connectivity index (χ2v) is 5.03. The van der Waals surface area contributed by atoms with Crippen LogP contribution in [0, 0.1) is 11.3 Å². The highest BCUT2D eigenvalue weighted by molar-refractivity contribution is 5.70. The van der Waals surface area contributed by atoms with Crippen molar-refractivity contribution >= 4 is 5.95 Å². The van der Waals surface area contributed by atoms with Gasteiger partial charge in [-0.05, 0) is 31.5 Å². The number of piperidine rings is 1. The predicted molar refractivity (Wildman–Crippen MR) is 80.9 cm³/mol. The van der Waals surface area contributed by atoms with E-state index in [1.165, 1.54) is 0 Å². The maximum absolute atomic E-state index is 9.31. The van der Waals surface area contributed by atoms with E-state index >= 15 is 0 Å². The third-order valence-corrected chi connectivity index (χ3v) is 3.50. The highest BCUT2D eigenvalue weighted by Crippen LogP contribution is 2.32. The molecule has 1 saturated heterocycles. The summed E-state index contributed by atoms with van der Waals surface area (Å²) < 4.78 is 6.05. The summed E-state index contributed by atoms with van der Waals surface area (Å²) in [5.41, 5.74) is 7.21. The van der Waals surface area contributed by atoms with Crippen molar-refractivity contribution in [2.75, 3.05) is 18.8 Å². The minimum absolute atomic E-state index is 0.0167. The average Bonchev–Trinajstić information content (AvgIpc) is 2.56. The van der Waals surface area contributed by atoms with Crippen LogP contribution < -0.4 is 15.8 Å². The molecule has 0 aromatic carbocycles. The number of nitriles is 1. The van der Waals surface area contributed by atoms with Crippen molar-refractivity contribution in [3.63, 3.8) is 0 Å². The zero-order valence-electron chi connectivity index (χ0n) is 12.0. The van der Waals surface area contributed by atoms with Crippen molar-refractivity contribution in [1.29, 1.82) is 5.26 Å². The molecule has 1 fully saturated rings. The number of nitrogens with zero attached hydrogens (tertiary/aromatic N) is 4. The van der Waals surface area contributed by atoms with Gasteiger partial charge in [0.2, 0.25) is 5.95 Å². The van der Waals surface area contributed by atoms with Gasteiger partial charge >= 0.3 is 0 Å². The lowest BCUT2D eigenvalue weighted by Gasteiger charge is -2.25. The highest BCUT2D eigenvalue weighted by atomic mass is 16.5. The standard InChI is InChI=1S/C15H16N6O/c16-8-13-14(22-10-2-1-5-18-9-10)11(3-6-19-13)12-4-7-20-15(17)21-12/h3-4,6-7,10,18H,1-2,5,9H2,(H2,17,20,21). The zero-order valence-corrected chi connectivity index (χ0v) is 12.0. The lowest BCUT2D eigenvalue weighted by Crippen LogP contribution is -2.37. The van der Waals surface area contributed by atoms with Gasteiger partial charge < -0.3 is 15.8 Å². The van der Waals surface area contributed by atoms with Gasteiger partial charge in [0.05, 0.1) is 5.69 Å². The van der Waals surface area contributed by atoms with Gasteiger partial charge in [0.1, 0.15) is 12.2 Å². The van der Waals surface area contributed by atoms with Crippen LogP contribution in [0.3, 0.4) is 0 Å².